The molecule has 0 aliphatic carbocycles. The highest BCUT2D eigenvalue weighted by molar-refractivity contribution is 7.98. The van der Waals surface area contributed by atoms with Crippen LogP contribution in [-0.2, 0) is 10.0 Å². The second kappa shape index (κ2) is 6.41. The van der Waals surface area contributed by atoms with Crippen LogP contribution >= 0.6 is 11.8 Å². The van der Waals surface area contributed by atoms with Crippen LogP contribution in [-0.4, -0.2) is 20.6 Å². The predicted molar refractivity (Wildman–Crippen MR) is 88.7 cm³/mol. The van der Waals surface area contributed by atoms with Crippen molar-refractivity contribution in [3.8, 4) is 0 Å². The van der Waals surface area contributed by atoms with Crippen LogP contribution in [0.4, 0.5) is 5.69 Å². The quantitative estimate of drug-likeness (QED) is 0.821. The SMILES string of the molecule is CSc1cccc(NS(=O)(=O)c2ccc(C)c(C(N)=O)c2)c1. The Hall–Kier alpha value is -1.99. The average Bonchev–Trinajstić information content (AvgIpc) is 2.46. The van der Waals surface area contributed by atoms with Crippen molar-refractivity contribution < 1.29 is 13.2 Å². The summed E-state index contributed by atoms with van der Waals surface area (Å²) in [4.78, 5) is 12.3. The van der Waals surface area contributed by atoms with Gasteiger partial charge in [-0.1, -0.05) is 12.1 Å². The molecule has 0 radical (unpaired) electrons. The van der Waals surface area contributed by atoms with E-state index in [-0.39, 0.29) is 10.5 Å². The van der Waals surface area contributed by atoms with Crippen molar-refractivity contribution in [1.29, 1.82) is 0 Å². The van der Waals surface area contributed by atoms with E-state index < -0.39 is 15.9 Å². The van der Waals surface area contributed by atoms with E-state index in [1.165, 1.54) is 23.9 Å². The standard InChI is InChI=1S/C15H16N2O3S2/c1-10-6-7-13(9-14(10)15(16)18)22(19,20)17-11-4-3-5-12(8-11)21-2/h3-9,17H,1-2H3,(H2,16,18). The fourth-order valence-electron chi connectivity index (χ4n) is 1.93. The highest BCUT2D eigenvalue weighted by Gasteiger charge is 2.17. The third-order valence-corrected chi connectivity index (χ3v) is 5.21. The summed E-state index contributed by atoms with van der Waals surface area (Å²) in [5.74, 6) is -0.654. The predicted octanol–water partition coefficient (Wildman–Crippen LogP) is 2.62. The van der Waals surface area contributed by atoms with Crippen molar-refractivity contribution in [2.24, 2.45) is 5.73 Å². The van der Waals surface area contributed by atoms with E-state index in [2.05, 4.69) is 4.72 Å². The van der Waals surface area contributed by atoms with Gasteiger partial charge in [-0.05, 0) is 49.1 Å². The Morgan fingerprint density at radius 2 is 1.91 bits per heavy atom. The van der Waals surface area contributed by atoms with Crippen LogP contribution < -0.4 is 10.5 Å². The number of hydrogen-bond donors (Lipinski definition) is 2. The molecule has 0 saturated carbocycles. The Bertz CT molecular complexity index is 817. The molecule has 0 spiro atoms. The maximum atomic E-state index is 12.4. The first-order valence-electron chi connectivity index (χ1n) is 6.41. The lowest BCUT2D eigenvalue weighted by molar-refractivity contribution is 0.0999. The summed E-state index contributed by atoms with van der Waals surface area (Å²) in [5.41, 5.74) is 6.56. The van der Waals surface area contributed by atoms with Gasteiger partial charge in [0.1, 0.15) is 0 Å². The number of rotatable bonds is 5. The molecule has 1 amide bonds. The van der Waals surface area contributed by atoms with Gasteiger partial charge < -0.3 is 5.73 Å². The summed E-state index contributed by atoms with van der Waals surface area (Å²) >= 11 is 1.52. The maximum Gasteiger partial charge on any atom is 0.261 e. The van der Waals surface area contributed by atoms with Crippen LogP contribution in [0.15, 0.2) is 52.3 Å². The molecule has 116 valence electrons. The molecule has 5 nitrogen and oxygen atoms in total. The molecule has 0 bridgehead atoms. The molecular formula is C15H16N2O3S2. The number of primary amides is 1. The summed E-state index contributed by atoms with van der Waals surface area (Å²) in [7, 11) is -3.78. The van der Waals surface area contributed by atoms with Crippen molar-refractivity contribution >= 4 is 33.4 Å². The lowest BCUT2D eigenvalue weighted by atomic mass is 10.1. The van der Waals surface area contributed by atoms with Gasteiger partial charge in [-0.2, -0.15) is 0 Å². The van der Waals surface area contributed by atoms with Gasteiger partial charge in [0.05, 0.1) is 4.90 Å². The van der Waals surface area contributed by atoms with Gasteiger partial charge in [0.15, 0.2) is 0 Å². The Labute approximate surface area is 134 Å². The molecule has 0 atom stereocenters. The van der Waals surface area contributed by atoms with Gasteiger partial charge >= 0.3 is 0 Å². The largest absolute Gasteiger partial charge is 0.366 e. The minimum Gasteiger partial charge on any atom is -0.366 e. The highest BCUT2D eigenvalue weighted by atomic mass is 32.2. The van der Waals surface area contributed by atoms with Gasteiger partial charge in [-0.25, -0.2) is 8.42 Å². The first-order chi connectivity index (χ1) is 10.3. The number of sulfonamides is 1. The lowest BCUT2D eigenvalue weighted by Crippen LogP contribution is -2.17. The van der Waals surface area contributed by atoms with Crippen LogP contribution in [0.3, 0.4) is 0 Å². The number of hydrogen-bond acceptors (Lipinski definition) is 4. The van der Waals surface area contributed by atoms with Crippen LogP contribution in [0.1, 0.15) is 15.9 Å². The number of nitrogens with one attached hydrogen (secondary N) is 1. The molecule has 0 aliphatic rings. The van der Waals surface area contributed by atoms with E-state index in [1.54, 1.807) is 31.2 Å². The minimum absolute atomic E-state index is 0.00135. The van der Waals surface area contributed by atoms with Gasteiger partial charge in [0.25, 0.3) is 10.0 Å². The number of carbonyl (C=O) groups is 1. The first-order valence-corrected chi connectivity index (χ1v) is 9.11. The number of thioether (sulfide) groups is 1. The lowest BCUT2D eigenvalue weighted by Gasteiger charge is -2.10. The molecule has 7 heteroatoms. The molecule has 0 fully saturated rings. The van der Waals surface area contributed by atoms with E-state index in [9.17, 15) is 13.2 Å². The molecule has 2 rings (SSSR count). The van der Waals surface area contributed by atoms with Gasteiger partial charge in [-0.3, -0.25) is 9.52 Å². The van der Waals surface area contributed by atoms with Crippen molar-refractivity contribution in [1.82, 2.24) is 0 Å². The maximum absolute atomic E-state index is 12.4. The van der Waals surface area contributed by atoms with E-state index in [0.717, 1.165) is 4.90 Å². The number of anilines is 1. The monoisotopic (exact) mass is 336 g/mol. The van der Waals surface area contributed by atoms with Crippen LogP contribution in [0.5, 0.6) is 0 Å². The molecule has 0 heterocycles. The highest BCUT2D eigenvalue weighted by Crippen LogP contribution is 2.22. The van der Waals surface area contributed by atoms with Crippen molar-refractivity contribution in [3.63, 3.8) is 0 Å². The zero-order valence-electron chi connectivity index (χ0n) is 12.2. The molecule has 22 heavy (non-hydrogen) atoms. The van der Waals surface area contributed by atoms with Crippen LogP contribution in [0.25, 0.3) is 0 Å². The molecule has 0 unspecified atom stereocenters. The Morgan fingerprint density at radius 1 is 1.18 bits per heavy atom. The zero-order chi connectivity index (χ0) is 16.3. The molecule has 2 aromatic rings. The number of nitrogens with two attached hydrogens (primary N) is 1. The number of amides is 1. The van der Waals surface area contributed by atoms with E-state index in [4.69, 9.17) is 5.73 Å². The smallest absolute Gasteiger partial charge is 0.261 e. The normalized spacial score (nSPS) is 11.2. The molecule has 3 N–H and O–H groups in total. The molecule has 0 aliphatic heterocycles. The Morgan fingerprint density at radius 3 is 2.55 bits per heavy atom. The minimum atomic E-state index is -3.78. The molecular weight excluding hydrogens is 320 g/mol. The van der Waals surface area contributed by atoms with E-state index in [1.807, 2.05) is 12.3 Å². The Kier molecular flexibility index (Phi) is 4.77. The van der Waals surface area contributed by atoms with Crippen LogP contribution in [0.2, 0.25) is 0 Å². The fraction of sp³-hybridized carbons (Fsp3) is 0.133. The van der Waals surface area contributed by atoms with Crippen molar-refractivity contribution in [2.75, 3.05) is 11.0 Å². The summed E-state index contributed by atoms with van der Waals surface area (Å²) in [6.07, 6.45) is 1.91. The summed E-state index contributed by atoms with van der Waals surface area (Å²) < 4.78 is 27.3. The number of aryl methyl sites for hydroxylation is 1. The third-order valence-electron chi connectivity index (χ3n) is 3.11. The molecule has 2 aromatic carbocycles. The zero-order valence-corrected chi connectivity index (χ0v) is 13.8. The second-order valence-electron chi connectivity index (χ2n) is 4.68. The summed E-state index contributed by atoms with van der Waals surface area (Å²) in [6.45, 7) is 1.70. The second-order valence-corrected chi connectivity index (χ2v) is 7.24. The van der Waals surface area contributed by atoms with Crippen molar-refractivity contribution in [2.45, 2.75) is 16.7 Å². The van der Waals surface area contributed by atoms with Gasteiger partial charge in [0, 0.05) is 16.1 Å². The Balaban J connectivity index is 2.38. The van der Waals surface area contributed by atoms with Gasteiger partial charge in [-0.15, -0.1) is 11.8 Å². The molecule has 0 aromatic heterocycles. The fourth-order valence-corrected chi connectivity index (χ4v) is 3.47. The topological polar surface area (TPSA) is 89.3 Å². The third kappa shape index (κ3) is 3.61. The van der Waals surface area contributed by atoms with Crippen molar-refractivity contribution in [3.05, 3.63) is 53.6 Å². The number of carbonyl (C=O) groups excluding carboxylic acids is 1. The molecule has 0 saturated heterocycles. The van der Waals surface area contributed by atoms with E-state index >= 15 is 0 Å². The van der Waals surface area contributed by atoms with E-state index in [0.29, 0.717) is 11.3 Å². The van der Waals surface area contributed by atoms with Crippen LogP contribution in [0, 0.1) is 6.92 Å². The number of benzene rings is 2. The average molecular weight is 336 g/mol. The first kappa shape index (κ1) is 16.4. The summed E-state index contributed by atoms with van der Waals surface area (Å²) in [5, 5.41) is 0. The van der Waals surface area contributed by atoms with Gasteiger partial charge in [0.2, 0.25) is 5.91 Å². The summed E-state index contributed by atoms with van der Waals surface area (Å²) in [6, 6.07) is 11.4.